The van der Waals surface area contributed by atoms with Crippen LogP contribution >= 0.6 is 0 Å². The minimum Gasteiger partial charge on any atom is -0.488 e. The van der Waals surface area contributed by atoms with Gasteiger partial charge in [-0.15, -0.1) is 0 Å². The molecular formula is C40H46N8O7. The lowest BCUT2D eigenvalue weighted by molar-refractivity contribution is -0.133. The fourth-order valence-corrected chi connectivity index (χ4v) is 7.50. The number of aromatic amines is 2. The molecule has 55 heavy (non-hydrogen) atoms. The minimum atomic E-state index is -0.657. The van der Waals surface area contributed by atoms with E-state index >= 15 is 0 Å². The van der Waals surface area contributed by atoms with E-state index in [1.165, 1.54) is 14.2 Å². The van der Waals surface area contributed by atoms with Crippen LogP contribution < -0.4 is 15.4 Å². The second-order valence-electron chi connectivity index (χ2n) is 14.1. The number of imidazole rings is 2. The van der Waals surface area contributed by atoms with Crippen molar-refractivity contribution in [1.82, 2.24) is 40.4 Å². The maximum absolute atomic E-state index is 13.2. The lowest BCUT2D eigenvalue weighted by Gasteiger charge is -2.28. The molecule has 0 aliphatic carbocycles. The first-order chi connectivity index (χ1) is 26.6. The number of hydrogen-bond acceptors (Lipinski definition) is 9. The summed E-state index contributed by atoms with van der Waals surface area (Å²) in [5.41, 5.74) is 6.54. The molecule has 15 nitrogen and oxygen atoms in total. The Morgan fingerprint density at radius 1 is 1.00 bits per heavy atom. The van der Waals surface area contributed by atoms with Gasteiger partial charge in [-0.25, -0.2) is 19.6 Å². The first-order valence-electron chi connectivity index (χ1n) is 18.6. The number of amides is 4. The van der Waals surface area contributed by atoms with Crippen molar-refractivity contribution in [3.8, 4) is 28.1 Å². The Morgan fingerprint density at radius 2 is 1.78 bits per heavy atom. The number of methoxy groups -OCH3 is 2. The fourth-order valence-electron chi connectivity index (χ4n) is 7.50. The first kappa shape index (κ1) is 37.2. The number of benzene rings is 3. The number of nitrogens with zero attached hydrogens (tertiary/aromatic N) is 4. The van der Waals surface area contributed by atoms with E-state index < -0.39 is 12.2 Å². The van der Waals surface area contributed by atoms with Crippen molar-refractivity contribution < 1.29 is 33.4 Å². The highest BCUT2D eigenvalue weighted by atomic mass is 16.5. The average Bonchev–Trinajstić information content (AvgIpc) is 3.98. The first-order valence-corrected chi connectivity index (χ1v) is 18.6. The molecule has 0 spiro atoms. The molecule has 4 amide bonds. The van der Waals surface area contributed by atoms with E-state index in [0.717, 1.165) is 80.6 Å². The number of fused-ring (bicyclic) bond motifs is 6. The number of rotatable bonds is 11. The van der Waals surface area contributed by atoms with Crippen molar-refractivity contribution in [3.63, 3.8) is 0 Å². The molecule has 4 N–H and O–H groups in total. The van der Waals surface area contributed by atoms with E-state index in [0.29, 0.717) is 24.9 Å². The van der Waals surface area contributed by atoms with Crippen molar-refractivity contribution in [1.29, 1.82) is 0 Å². The molecule has 0 saturated carbocycles. The Bertz CT molecular complexity index is 2260. The zero-order chi connectivity index (χ0) is 38.8. The van der Waals surface area contributed by atoms with Gasteiger partial charge < -0.3 is 44.6 Å². The van der Waals surface area contributed by atoms with Gasteiger partial charge in [-0.2, -0.15) is 0 Å². The van der Waals surface area contributed by atoms with E-state index in [2.05, 4.69) is 78.4 Å². The van der Waals surface area contributed by atoms with E-state index in [1.54, 1.807) is 16.0 Å². The van der Waals surface area contributed by atoms with E-state index in [9.17, 15) is 19.2 Å². The molecule has 1 fully saturated rings. The minimum absolute atomic E-state index is 0.0611. The quantitative estimate of drug-likeness (QED) is 0.130. The van der Waals surface area contributed by atoms with E-state index in [1.807, 2.05) is 19.9 Å². The Morgan fingerprint density at radius 3 is 2.53 bits per heavy atom. The van der Waals surface area contributed by atoms with Gasteiger partial charge in [0.25, 0.3) is 0 Å². The topological polar surface area (TPSA) is 184 Å². The zero-order valence-electron chi connectivity index (χ0n) is 31.7. The summed E-state index contributed by atoms with van der Waals surface area (Å²) in [6, 6.07) is 14.2. The summed E-state index contributed by atoms with van der Waals surface area (Å²) in [5, 5.41) is 6.97. The largest absolute Gasteiger partial charge is 0.488 e. The van der Waals surface area contributed by atoms with E-state index in [-0.39, 0.29) is 43.5 Å². The monoisotopic (exact) mass is 750 g/mol. The summed E-state index contributed by atoms with van der Waals surface area (Å²) in [7, 11) is 2.53. The molecule has 1 saturated heterocycles. The van der Waals surface area contributed by atoms with Crippen molar-refractivity contribution in [2.24, 2.45) is 5.92 Å². The van der Waals surface area contributed by atoms with Crippen molar-refractivity contribution >= 4 is 45.8 Å². The molecule has 3 atom stereocenters. The summed E-state index contributed by atoms with van der Waals surface area (Å²) in [6.45, 7) is 7.02. The maximum Gasteiger partial charge on any atom is 0.407 e. The van der Waals surface area contributed by atoms with Crippen LogP contribution in [0, 0.1) is 5.92 Å². The standard InChI is InChI=1S/C40H46N8O7/c1-6-22(3)47(35(49)17-42-39(51)53-4)20-34-41-16-31(44-34)25-8-10-27-26(13-25)21-55-33-15-28-24(14-29(27)33)9-11-30-37(28)46-38(45-30)32-12-23(7-2)19-48(32)36(50)18-43-40(52)54-5/h8-11,13-16,22-23,32H,6-7,12,17-21H2,1-5H3,(H,41,44)(H,42,51)(H,43,52)(H,45,46)/t22-,23?,32?/m0/s1. The summed E-state index contributed by atoms with van der Waals surface area (Å²) in [6.07, 6.45) is 2.92. The van der Waals surface area contributed by atoms with Crippen LogP contribution in [0.25, 0.3) is 44.2 Å². The van der Waals surface area contributed by atoms with Crippen LogP contribution in [0.5, 0.6) is 5.75 Å². The Labute approximate surface area is 318 Å². The lowest BCUT2D eigenvalue weighted by atomic mass is 9.92. The van der Waals surface area contributed by atoms with Crippen LogP contribution in [0.3, 0.4) is 0 Å². The predicted molar refractivity (Wildman–Crippen MR) is 205 cm³/mol. The maximum atomic E-state index is 13.2. The van der Waals surface area contributed by atoms with Crippen LogP contribution in [0.1, 0.15) is 63.3 Å². The molecule has 7 rings (SSSR count). The molecule has 288 valence electrons. The lowest BCUT2D eigenvalue weighted by Crippen LogP contribution is -2.44. The molecule has 2 aliphatic rings. The van der Waals surface area contributed by atoms with Gasteiger partial charge in [-0.1, -0.05) is 38.5 Å². The highest BCUT2D eigenvalue weighted by Crippen LogP contribution is 2.43. The van der Waals surface area contributed by atoms with Crippen LogP contribution in [0.2, 0.25) is 0 Å². The molecule has 5 aromatic rings. The van der Waals surface area contributed by atoms with Crippen molar-refractivity contribution in [3.05, 3.63) is 65.9 Å². The van der Waals surface area contributed by atoms with Crippen molar-refractivity contribution in [2.75, 3.05) is 33.9 Å². The molecule has 15 heteroatoms. The molecule has 3 aromatic carbocycles. The van der Waals surface area contributed by atoms with Gasteiger partial charge in [0, 0.05) is 23.5 Å². The van der Waals surface area contributed by atoms with Crippen molar-refractivity contribution in [2.45, 2.75) is 65.3 Å². The zero-order valence-corrected chi connectivity index (χ0v) is 31.7. The predicted octanol–water partition coefficient (Wildman–Crippen LogP) is 5.80. The van der Waals surface area contributed by atoms with E-state index in [4.69, 9.17) is 9.72 Å². The summed E-state index contributed by atoms with van der Waals surface area (Å²) < 4.78 is 15.6. The molecule has 0 bridgehead atoms. The SMILES string of the molecule is CCC1CC(c2nc3ccc4cc5c(cc4c3[nH]2)OCc2cc(-c3cnc(CN(C(=O)CNC(=O)OC)[C@@H](C)CC)[nH]3)ccc2-5)N(C(=O)CNC(=O)OC)C1. The smallest absolute Gasteiger partial charge is 0.407 e. The van der Waals surface area contributed by atoms with Crippen LogP contribution in [-0.4, -0.2) is 93.6 Å². The summed E-state index contributed by atoms with van der Waals surface area (Å²) >= 11 is 0. The third kappa shape index (κ3) is 7.51. The summed E-state index contributed by atoms with van der Waals surface area (Å²) in [5.74, 6) is 2.04. The molecule has 2 aliphatic heterocycles. The number of alkyl carbamates (subject to hydrolysis) is 2. The Balaban J connectivity index is 1.12. The number of likely N-dealkylation sites (tertiary alicyclic amines) is 1. The van der Waals surface area contributed by atoms with Gasteiger partial charge in [0.05, 0.1) is 49.7 Å². The normalized spacial score (nSPS) is 16.6. The van der Waals surface area contributed by atoms with Crippen LogP contribution in [0.15, 0.2) is 48.7 Å². The Kier molecular flexibility index (Phi) is 10.6. The summed E-state index contributed by atoms with van der Waals surface area (Å²) in [4.78, 5) is 69.3. The molecule has 2 unspecified atom stereocenters. The average molecular weight is 751 g/mol. The number of nitrogens with one attached hydrogen (secondary N) is 4. The number of carbonyl (C=O) groups excluding carboxylic acids is 4. The molecule has 2 aromatic heterocycles. The third-order valence-electron chi connectivity index (χ3n) is 10.8. The Hall–Kier alpha value is -6.12. The van der Waals surface area contributed by atoms with Gasteiger partial charge >= 0.3 is 12.2 Å². The van der Waals surface area contributed by atoms with Crippen LogP contribution in [0.4, 0.5) is 9.59 Å². The van der Waals surface area contributed by atoms with Gasteiger partial charge in [-0.3, -0.25) is 9.59 Å². The van der Waals surface area contributed by atoms with Gasteiger partial charge in [0.2, 0.25) is 11.8 Å². The molecule has 4 heterocycles. The highest BCUT2D eigenvalue weighted by molar-refractivity contribution is 6.07. The third-order valence-corrected chi connectivity index (χ3v) is 10.8. The highest BCUT2D eigenvalue weighted by Gasteiger charge is 2.37. The second kappa shape index (κ2) is 15.7. The number of H-pyrrole nitrogens is 2. The number of carbonyl (C=O) groups is 4. The van der Waals surface area contributed by atoms with Gasteiger partial charge in [0.1, 0.15) is 37.1 Å². The van der Waals surface area contributed by atoms with Crippen LogP contribution in [-0.2, 0) is 32.2 Å². The number of aromatic nitrogens is 4. The van der Waals surface area contributed by atoms with Gasteiger partial charge in [0.15, 0.2) is 0 Å². The fraction of sp³-hybridized carbons (Fsp3) is 0.400. The number of hydrogen-bond donors (Lipinski definition) is 4. The van der Waals surface area contributed by atoms with Gasteiger partial charge in [-0.05, 0) is 72.0 Å². The second-order valence-corrected chi connectivity index (χ2v) is 14.1. The molecule has 0 radical (unpaired) electrons. The number of ether oxygens (including phenoxy) is 3. The molecular weight excluding hydrogens is 704 g/mol.